The number of esters is 2. The van der Waals surface area contributed by atoms with Crippen LogP contribution in [-0.2, 0) is 23.8 Å². The standard InChI is InChI=1S/C21H28N2O7S/c1-11-17(21(27)29-6-5-28-2)20(31-18(11)19(22)26)23-15(24)10-30-16(25)9-14-8-12-3-4-13(14)7-12/h12-14H,3-10H2,1-2H3,(H2,22,26)(H,23,24). The van der Waals surface area contributed by atoms with Gasteiger partial charge in [-0.05, 0) is 49.5 Å². The highest BCUT2D eigenvalue weighted by Gasteiger charge is 2.40. The maximum atomic E-state index is 12.4. The summed E-state index contributed by atoms with van der Waals surface area (Å²) in [6, 6.07) is 0. The van der Waals surface area contributed by atoms with Gasteiger partial charge in [0.1, 0.15) is 11.6 Å². The molecule has 3 atom stereocenters. The number of anilines is 1. The first-order valence-corrected chi connectivity index (χ1v) is 11.2. The second-order valence-electron chi connectivity index (χ2n) is 8.10. The number of rotatable bonds is 10. The molecule has 1 aromatic rings. The van der Waals surface area contributed by atoms with E-state index in [9.17, 15) is 19.2 Å². The van der Waals surface area contributed by atoms with Gasteiger partial charge in [0.25, 0.3) is 11.8 Å². The van der Waals surface area contributed by atoms with Gasteiger partial charge >= 0.3 is 11.9 Å². The van der Waals surface area contributed by atoms with Gasteiger partial charge < -0.3 is 25.3 Å². The average Bonchev–Trinajstić information content (AvgIpc) is 3.41. The predicted octanol–water partition coefficient (Wildman–Crippen LogP) is 2.27. The Labute approximate surface area is 184 Å². The lowest BCUT2D eigenvalue weighted by atomic mass is 9.86. The number of nitrogens with one attached hydrogen (secondary N) is 1. The van der Waals surface area contributed by atoms with Crippen molar-refractivity contribution in [3.05, 3.63) is 16.0 Å². The van der Waals surface area contributed by atoms with Crippen LogP contribution < -0.4 is 11.1 Å². The number of amides is 2. The summed E-state index contributed by atoms with van der Waals surface area (Å²) in [5.74, 6) is -0.750. The third-order valence-electron chi connectivity index (χ3n) is 6.03. The summed E-state index contributed by atoms with van der Waals surface area (Å²) in [5, 5.41) is 2.66. The summed E-state index contributed by atoms with van der Waals surface area (Å²) in [5.41, 5.74) is 5.74. The summed E-state index contributed by atoms with van der Waals surface area (Å²) < 4.78 is 15.1. The minimum Gasteiger partial charge on any atom is -0.460 e. The molecule has 0 saturated heterocycles. The van der Waals surface area contributed by atoms with E-state index in [-0.39, 0.29) is 28.7 Å². The lowest BCUT2D eigenvalue weighted by molar-refractivity contribution is -0.148. The van der Waals surface area contributed by atoms with E-state index in [0.717, 1.165) is 23.7 Å². The van der Waals surface area contributed by atoms with Crippen molar-refractivity contribution in [1.82, 2.24) is 0 Å². The lowest BCUT2D eigenvalue weighted by Crippen LogP contribution is -2.23. The number of ether oxygens (including phenoxy) is 3. The zero-order chi connectivity index (χ0) is 22.5. The first-order valence-electron chi connectivity index (χ1n) is 10.3. The van der Waals surface area contributed by atoms with E-state index < -0.39 is 30.4 Å². The third kappa shape index (κ3) is 5.62. The number of nitrogens with two attached hydrogens (primary N) is 1. The monoisotopic (exact) mass is 452 g/mol. The maximum Gasteiger partial charge on any atom is 0.341 e. The second-order valence-corrected chi connectivity index (χ2v) is 9.12. The quantitative estimate of drug-likeness (QED) is 0.411. The van der Waals surface area contributed by atoms with Crippen molar-refractivity contribution in [2.45, 2.75) is 39.0 Å². The molecule has 3 rings (SSSR count). The normalized spacial score (nSPS) is 21.7. The van der Waals surface area contributed by atoms with E-state index >= 15 is 0 Å². The molecule has 31 heavy (non-hydrogen) atoms. The van der Waals surface area contributed by atoms with Crippen LogP contribution in [0.2, 0.25) is 0 Å². The molecule has 2 bridgehead atoms. The molecular weight excluding hydrogens is 424 g/mol. The predicted molar refractivity (Wildman–Crippen MR) is 113 cm³/mol. The molecule has 10 heteroatoms. The van der Waals surface area contributed by atoms with E-state index in [0.29, 0.717) is 23.8 Å². The van der Waals surface area contributed by atoms with E-state index in [4.69, 9.17) is 19.9 Å². The van der Waals surface area contributed by atoms with E-state index in [1.165, 1.54) is 26.4 Å². The average molecular weight is 453 g/mol. The van der Waals surface area contributed by atoms with Crippen molar-refractivity contribution in [3.63, 3.8) is 0 Å². The first kappa shape index (κ1) is 23.2. The van der Waals surface area contributed by atoms with Crippen molar-refractivity contribution >= 4 is 40.1 Å². The van der Waals surface area contributed by atoms with Gasteiger partial charge in [0.2, 0.25) is 0 Å². The summed E-state index contributed by atoms with van der Waals surface area (Å²) >= 11 is 0.880. The SMILES string of the molecule is COCCOC(=O)c1c(NC(=O)COC(=O)CC2CC3CCC2C3)sc(C(N)=O)c1C. The first-order chi connectivity index (χ1) is 14.8. The summed E-state index contributed by atoms with van der Waals surface area (Å²) in [6.45, 7) is 1.30. The van der Waals surface area contributed by atoms with Gasteiger partial charge in [0, 0.05) is 13.5 Å². The molecule has 170 valence electrons. The van der Waals surface area contributed by atoms with Crippen molar-refractivity contribution in [1.29, 1.82) is 0 Å². The highest BCUT2D eigenvalue weighted by atomic mass is 32.1. The summed E-state index contributed by atoms with van der Waals surface area (Å²) in [4.78, 5) is 48.7. The van der Waals surface area contributed by atoms with Crippen molar-refractivity contribution in [2.24, 2.45) is 23.5 Å². The minimum absolute atomic E-state index is 0.0184. The molecule has 2 aliphatic rings. The molecule has 3 unspecified atom stereocenters. The molecule has 1 aromatic heterocycles. The topological polar surface area (TPSA) is 134 Å². The van der Waals surface area contributed by atoms with Gasteiger partial charge in [-0.25, -0.2) is 4.79 Å². The maximum absolute atomic E-state index is 12.4. The van der Waals surface area contributed by atoms with Gasteiger partial charge in [-0.3, -0.25) is 14.4 Å². The molecule has 2 saturated carbocycles. The Morgan fingerprint density at radius 3 is 2.52 bits per heavy atom. The van der Waals surface area contributed by atoms with Crippen LogP contribution in [0.25, 0.3) is 0 Å². The minimum atomic E-state index is -0.716. The lowest BCUT2D eigenvalue weighted by Gasteiger charge is -2.20. The van der Waals surface area contributed by atoms with Crippen LogP contribution in [0.3, 0.4) is 0 Å². The van der Waals surface area contributed by atoms with Crippen LogP contribution in [0, 0.1) is 24.7 Å². The van der Waals surface area contributed by atoms with E-state index in [1.54, 1.807) is 6.92 Å². The van der Waals surface area contributed by atoms with Gasteiger partial charge in [0.15, 0.2) is 6.61 Å². The molecular formula is C21H28N2O7S. The Morgan fingerprint density at radius 2 is 1.90 bits per heavy atom. The fourth-order valence-corrected chi connectivity index (χ4v) is 5.64. The van der Waals surface area contributed by atoms with Crippen LogP contribution in [-0.4, -0.2) is 50.7 Å². The molecule has 2 amide bonds. The zero-order valence-electron chi connectivity index (χ0n) is 17.7. The van der Waals surface area contributed by atoms with Crippen LogP contribution in [0.5, 0.6) is 0 Å². The van der Waals surface area contributed by atoms with Crippen LogP contribution in [0.15, 0.2) is 0 Å². The second kappa shape index (κ2) is 10.2. The fourth-order valence-electron chi connectivity index (χ4n) is 4.58. The molecule has 1 heterocycles. The molecule has 2 fully saturated rings. The number of fused-ring (bicyclic) bond motifs is 2. The number of carbonyl (C=O) groups is 4. The van der Waals surface area contributed by atoms with E-state index in [2.05, 4.69) is 5.32 Å². The number of thiophene rings is 1. The summed E-state index contributed by atoms with van der Waals surface area (Å²) in [7, 11) is 1.47. The molecule has 2 aliphatic carbocycles. The third-order valence-corrected chi connectivity index (χ3v) is 7.25. The number of carbonyl (C=O) groups excluding carboxylic acids is 4. The van der Waals surface area contributed by atoms with Crippen molar-refractivity contribution in [2.75, 3.05) is 32.2 Å². The van der Waals surface area contributed by atoms with Gasteiger partial charge in [-0.1, -0.05) is 6.42 Å². The molecule has 0 aromatic carbocycles. The zero-order valence-corrected chi connectivity index (χ0v) is 18.5. The molecule has 0 spiro atoms. The largest absolute Gasteiger partial charge is 0.460 e. The molecule has 3 N–H and O–H groups in total. The van der Waals surface area contributed by atoms with Gasteiger partial charge in [0.05, 0.1) is 17.0 Å². The highest BCUT2D eigenvalue weighted by molar-refractivity contribution is 7.18. The van der Waals surface area contributed by atoms with Crippen LogP contribution >= 0.6 is 11.3 Å². The van der Waals surface area contributed by atoms with Crippen LogP contribution in [0.4, 0.5) is 5.00 Å². The Balaban J connectivity index is 1.57. The summed E-state index contributed by atoms with van der Waals surface area (Å²) in [6.07, 6.45) is 5.01. The number of hydrogen-bond acceptors (Lipinski definition) is 8. The van der Waals surface area contributed by atoms with Gasteiger partial charge in [-0.15, -0.1) is 11.3 Å². The van der Waals surface area contributed by atoms with Crippen LogP contribution in [0.1, 0.15) is 57.7 Å². The van der Waals surface area contributed by atoms with E-state index in [1.807, 2.05) is 0 Å². The molecule has 0 radical (unpaired) electrons. The van der Waals surface area contributed by atoms with Crippen molar-refractivity contribution < 1.29 is 33.4 Å². The van der Waals surface area contributed by atoms with Gasteiger partial charge in [-0.2, -0.15) is 0 Å². The molecule has 9 nitrogen and oxygen atoms in total. The fraction of sp³-hybridized carbons (Fsp3) is 0.619. The number of hydrogen-bond donors (Lipinski definition) is 2. The Morgan fingerprint density at radius 1 is 1.13 bits per heavy atom. The number of methoxy groups -OCH3 is 1. The molecule has 0 aliphatic heterocycles. The Hall–Kier alpha value is -2.46. The van der Waals surface area contributed by atoms with Crippen molar-refractivity contribution in [3.8, 4) is 0 Å². The number of primary amides is 1. The smallest absolute Gasteiger partial charge is 0.341 e. The Bertz CT molecular complexity index is 866. The highest BCUT2D eigenvalue weighted by Crippen LogP contribution is 2.49. The Kier molecular flexibility index (Phi) is 7.66.